The van der Waals surface area contributed by atoms with E-state index in [1.54, 1.807) is 26.0 Å². The van der Waals surface area contributed by atoms with Gasteiger partial charge in [0, 0.05) is 24.7 Å². The van der Waals surface area contributed by atoms with E-state index < -0.39 is 59.2 Å². The third-order valence-corrected chi connectivity index (χ3v) is 6.86. The van der Waals surface area contributed by atoms with Crippen LogP contribution in [0.1, 0.15) is 36.7 Å². The Morgan fingerprint density at radius 2 is 1.89 bits per heavy atom. The average molecular weight is 485 g/mol. The maximum atomic E-state index is 15.7. The number of morpholine rings is 1. The Hall–Kier alpha value is -3.80. The lowest BCUT2D eigenvalue weighted by molar-refractivity contribution is -0.153. The molecule has 4 atom stereocenters. The molecule has 1 aromatic carbocycles. The minimum atomic E-state index is -1.86. The van der Waals surface area contributed by atoms with Gasteiger partial charge in [-0.3, -0.25) is 25.2 Å². The van der Waals surface area contributed by atoms with Crippen molar-refractivity contribution in [3.8, 4) is 0 Å². The molecule has 1 aromatic heterocycles. The lowest BCUT2D eigenvalue weighted by Gasteiger charge is -2.55. The number of nitrogens with one attached hydrogen (secondary N) is 2. The van der Waals surface area contributed by atoms with Crippen molar-refractivity contribution in [2.75, 3.05) is 11.4 Å². The predicted octanol–water partition coefficient (Wildman–Crippen LogP) is 2.11. The highest BCUT2D eigenvalue weighted by atomic mass is 19.2. The first kappa shape index (κ1) is 23.0. The number of barbiturate groups is 1. The summed E-state index contributed by atoms with van der Waals surface area (Å²) in [5.41, 5.74) is -2.12. The molecule has 1 spiro atoms. The summed E-state index contributed by atoms with van der Waals surface area (Å²) in [7, 11) is 0. The number of amides is 4. The summed E-state index contributed by atoms with van der Waals surface area (Å²) in [6, 6.07) is 2.44. The zero-order valence-corrected chi connectivity index (χ0v) is 18.7. The molecule has 4 heterocycles. The molecular formula is C23H21F2N5O5. The number of nitrogens with zero attached hydrogens (tertiary/aromatic N) is 3. The summed E-state index contributed by atoms with van der Waals surface area (Å²) >= 11 is 0. The number of anilines is 1. The Bertz CT molecular complexity index is 1240. The number of aromatic nitrogens is 1. The fourth-order valence-corrected chi connectivity index (χ4v) is 5.57. The van der Waals surface area contributed by atoms with Crippen LogP contribution in [-0.2, 0) is 20.7 Å². The topological polar surface area (TPSA) is 130 Å². The molecule has 4 amide bonds. The number of benzene rings is 1. The largest absolute Gasteiger partial charge is 0.372 e. The number of carbonyl (C=O) groups is 3. The number of nitroso groups, excluding NO2 is 1. The van der Waals surface area contributed by atoms with Crippen LogP contribution in [0, 0.1) is 22.0 Å². The number of pyridine rings is 1. The zero-order chi connectivity index (χ0) is 25.1. The molecule has 2 saturated heterocycles. The van der Waals surface area contributed by atoms with Crippen LogP contribution in [0.3, 0.4) is 0 Å². The Morgan fingerprint density at radius 1 is 1.17 bits per heavy atom. The summed E-state index contributed by atoms with van der Waals surface area (Å²) in [4.78, 5) is 55.4. The molecule has 0 saturated carbocycles. The van der Waals surface area contributed by atoms with E-state index in [9.17, 15) is 19.3 Å². The highest BCUT2D eigenvalue weighted by Crippen LogP contribution is 2.49. The fourth-order valence-electron chi connectivity index (χ4n) is 5.57. The van der Waals surface area contributed by atoms with E-state index >= 15 is 8.78 Å². The van der Waals surface area contributed by atoms with Gasteiger partial charge in [-0.25, -0.2) is 13.6 Å². The summed E-state index contributed by atoms with van der Waals surface area (Å²) in [5.74, 6) is -4.22. The fraction of sp³-hybridized carbons (Fsp3) is 0.391. The molecular weight excluding hydrogens is 464 g/mol. The number of hydrogen-bond donors (Lipinski definition) is 2. The number of halogens is 2. The van der Waals surface area contributed by atoms with Crippen molar-refractivity contribution in [1.29, 1.82) is 0 Å². The Morgan fingerprint density at radius 3 is 2.51 bits per heavy atom. The number of rotatable bonds is 3. The van der Waals surface area contributed by atoms with Crippen LogP contribution in [0.4, 0.5) is 19.3 Å². The van der Waals surface area contributed by atoms with Gasteiger partial charge in [0.25, 0.3) is 0 Å². The van der Waals surface area contributed by atoms with Crippen molar-refractivity contribution in [3.05, 3.63) is 63.8 Å². The second-order valence-corrected chi connectivity index (χ2v) is 9.00. The highest BCUT2D eigenvalue weighted by Gasteiger charge is 2.63. The van der Waals surface area contributed by atoms with Crippen LogP contribution < -0.4 is 15.5 Å². The Balaban J connectivity index is 1.73. The van der Waals surface area contributed by atoms with Gasteiger partial charge in [0.05, 0.1) is 29.6 Å². The highest BCUT2D eigenvalue weighted by molar-refractivity contribution is 6.20. The van der Waals surface area contributed by atoms with E-state index in [2.05, 4.69) is 20.8 Å². The maximum absolute atomic E-state index is 15.7. The molecule has 0 bridgehead atoms. The molecule has 35 heavy (non-hydrogen) atoms. The van der Waals surface area contributed by atoms with Crippen LogP contribution >= 0.6 is 0 Å². The minimum Gasteiger partial charge on any atom is -0.372 e. The second-order valence-electron chi connectivity index (χ2n) is 9.00. The summed E-state index contributed by atoms with van der Waals surface area (Å²) in [5, 5.41) is 7.23. The molecule has 10 nitrogen and oxygen atoms in total. The number of imide groups is 2. The third-order valence-electron chi connectivity index (χ3n) is 6.86. The van der Waals surface area contributed by atoms with E-state index in [1.807, 2.05) is 0 Å². The van der Waals surface area contributed by atoms with Gasteiger partial charge >= 0.3 is 6.03 Å². The minimum absolute atomic E-state index is 0.0591. The van der Waals surface area contributed by atoms with Crippen molar-refractivity contribution < 1.29 is 27.9 Å². The number of fused-ring (bicyclic) bond motifs is 4. The van der Waals surface area contributed by atoms with E-state index in [1.165, 1.54) is 23.2 Å². The third kappa shape index (κ3) is 3.31. The van der Waals surface area contributed by atoms with Gasteiger partial charge in [0.2, 0.25) is 11.8 Å². The van der Waals surface area contributed by atoms with Crippen LogP contribution in [0.5, 0.6) is 0 Å². The van der Waals surface area contributed by atoms with Gasteiger partial charge in [-0.15, -0.1) is 4.91 Å². The van der Waals surface area contributed by atoms with Gasteiger partial charge in [-0.2, -0.15) is 0 Å². The molecule has 5 rings (SSSR count). The molecule has 2 aromatic rings. The van der Waals surface area contributed by atoms with E-state index in [-0.39, 0.29) is 35.5 Å². The monoisotopic (exact) mass is 485 g/mol. The summed E-state index contributed by atoms with van der Waals surface area (Å²) < 4.78 is 37.0. The lowest BCUT2D eigenvalue weighted by atomic mass is 9.66. The maximum Gasteiger partial charge on any atom is 0.328 e. The van der Waals surface area contributed by atoms with Crippen LogP contribution in [0.15, 0.2) is 35.6 Å². The standard InChI is InChI=1S/C23H21F2N5O5/c1-10-9-30-18-12(7-13(15(24)16(18)25)17(29-34)14-5-3-4-6-26-14)8-23(19(30)11(2)35-10)20(31)27-22(33)28-21(23)32/h3-7,10-11,17,19H,8-9H2,1-2H3,(H2,27,28,31,32,33)/t10-,11?,17?,19?/m1/s1. The molecule has 12 heteroatoms. The van der Waals surface area contributed by atoms with E-state index in [0.29, 0.717) is 0 Å². The number of urea groups is 1. The van der Waals surface area contributed by atoms with Crippen molar-refractivity contribution in [2.24, 2.45) is 10.6 Å². The molecule has 3 aliphatic rings. The first-order valence-corrected chi connectivity index (χ1v) is 11.0. The first-order valence-electron chi connectivity index (χ1n) is 11.0. The van der Waals surface area contributed by atoms with E-state index in [0.717, 1.165) is 0 Å². The Labute approximate surface area is 198 Å². The second kappa shape index (κ2) is 8.15. The average Bonchev–Trinajstić information content (AvgIpc) is 2.81. The first-order chi connectivity index (χ1) is 16.7. The molecule has 3 unspecified atom stereocenters. The number of ether oxygens (including phenoxy) is 1. The van der Waals surface area contributed by atoms with Gasteiger partial charge in [-0.05, 0) is 37.6 Å². The van der Waals surface area contributed by atoms with Crippen LogP contribution in [0.2, 0.25) is 0 Å². The lowest BCUT2D eigenvalue weighted by Crippen LogP contribution is -2.75. The van der Waals surface area contributed by atoms with Gasteiger partial charge < -0.3 is 9.64 Å². The van der Waals surface area contributed by atoms with Crippen LogP contribution in [-0.4, -0.2) is 47.6 Å². The molecule has 3 aliphatic heterocycles. The SMILES string of the molecule is CC1O[C@H](C)CN2c3c(cc(C(N=O)c4ccccn4)c(F)c3F)CC3(C(=O)NC(=O)NC3=O)C12. The normalized spacial score (nSPS) is 25.9. The predicted molar refractivity (Wildman–Crippen MR) is 117 cm³/mol. The van der Waals surface area contributed by atoms with Crippen molar-refractivity contribution in [1.82, 2.24) is 15.6 Å². The van der Waals surface area contributed by atoms with Gasteiger partial charge in [0.1, 0.15) is 0 Å². The zero-order valence-electron chi connectivity index (χ0n) is 18.7. The Kier molecular flexibility index (Phi) is 5.35. The summed E-state index contributed by atoms with van der Waals surface area (Å²) in [6.07, 6.45) is -0.129. The molecule has 0 radical (unpaired) electrons. The molecule has 2 fully saturated rings. The number of hydrogen-bond acceptors (Lipinski definition) is 8. The van der Waals surface area contributed by atoms with Crippen LogP contribution in [0.25, 0.3) is 0 Å². The van der Waals surface area contributed by atoms with Gasteiger partial charge in [-0.1, -0.05) is 11.2 Å². The van der Waals surface area contributed by atoms with E-state index in [4.69, 9.17) is 4.74 Å². The van der Waals surface area contributed by atoms with Gasteiger partial charge in [0.15, 0.2) is 23.1 Å². The smallest absolute Gasteiger partial charge is 0.328 e. The van der Waals surface area contributed by atoms with Crippen molar-refractivity contribution in [3.63, 3.8) is 0 Å². The molecule has 182 valence electrons. The van der Waals surface area contributed by atoms with Crippen molar-refractivity contribution in [2.45, 2.75) is 44.6 Å². The quantitative estimate of drug-likeness (QED) is 0.503. The molecule has 2 N–H and O–H groups in total. The molecule has 0 aliphatic carbocycles. The van der Waals surface area contributed by atoms with Crippen molar-refractivity contribution >= 4 is 23.5 Å². The summed E-state index contributed by atoms with van der Waals surface area (Å²) in [6.45, 7) is 3.42. The number of carbonyl (C=O) groups excluding carboxylic acids is 3.